The van der Waals surface area contributed by atoms with Crippen LogP contribution in [0.3, 0.4) is 0 Å². The van der Waals surface area contributed by atoms with E-state index in [2.05, 4.69) is 34.6 Å². The molecule has 1 atom stereocenters. The summed E-state index contributed by atoms with van der Waals surface area (Å²) < 4.78 is 2.02. The molecule has 1 fully saturated rings. The van der Waals surface area contributed by atoms with Crippen molar-refractivity contribution in [2.75, 3.05) is 6.54 Å². The molecule has 116 valence electrons. The molecule has 1 N–H and O–H groups in total. The van der Waals surface area contributed by atoms with E-state index in [1.54, 1.807) is 0 Å². The number of thioether (sulfide) groups is 1. The minimum absolute atomic E-state index is 0.0883. The summed E-state index contributed by atoms with van der Waals surface area (Å²) in [5.74, 6) is 0.945. The van der Waals surface area contributed by atoms with E-state index in [4.69, 9.17) is 0 Å². The molecular weight excluding hydrogens is 296 g/mol. The first kappa shape index (κ1) is 15.1. The summed E-state index contributed by atoms with van der Waals surface area (Å²) in [6, 6.07) is 8.24. The topological polar surface area (TPSA) is 59.8 Å². The van der Waals surface area contributed by atoms with Gasteiger partial charge in [0.2, 0.25) is 5.91 Å². The summed E-state index contributed by atoms with van der Waals surface area (Å²) >= 11 is 1.51. The molecule has 0 spiro atoms. The third-order valence-corrected chi connectivity index (χ3v) is 5.00. The molecule has 0 radical (unpaired) electrons. The minimum Gasteiger partial charge on any atom is -0.355 e. The molecule has 1 aromatic heterocycles. The summed E-state index contributed by atoms with van der Waals surface area (Å²) in [5, 5.41) is 12.1. The van der Waals surface area contributed by atoms with Crippen molar-refractivity contribution in [3.8, 4) is 5.69 Å². The van der Waals surface area contributed by atoms with E-state index in [1.807, 2.05) is 23.6 Å². The van der Waals surface area contributed by atoms with Crippen LogP contribution in [0.4, 0.5) is 0 Å². The van der Waals surface area contributed by atoms with Gasteiger partial charge in [0.15, 0.2) is 5.16 Å². The largest absolute Gasteiger partial charge is 0.355 e. The van der Waals surface area contributed by atoms with Gasteiger partial charge in [-0.15, -0.1) is 10.2 Å². The summed E-state index contributed by atoms with van der Waals surface area (Å²) in [6.07, 6.45) is 3.00. The highest BCUT2D eigenvalue weighted by atomic mass is 32.2. The van der Waals surface area contributed by atoms with Crippen molar-refractivity contribution in [3.05, 3.63) is 35.7 Å². The van der Waals surface area contributed by atoms with Crippen molar-refractivity contribution in [1.82, 2.24) is 20.1 Å². The number of benzene rings is 1. The zero-order valence-corrected chi connectivity index (χ0v) is 13.7. The van der Waals surface area contributed by atoms with E-state index in [9.17, 15) is 4.79 Å². The van der Waals surface area contributed by atoms with Crippen molar-refractivity contribution in [2.45, 2.75) is 43.5 Å². The number of carbonyl (C=O) groups is 1. The van der Waals surface area contributed by atoms with Crippen LogP contribution in [0, 0.1) is 13.8 Å². The summed E-state index contributed by atoms with van der Waals surface area (Å²) in [4.78, 5) is 12.1. The van der Waals surface area contributed by atoms with Gasteiger partial charge in [-0.2, -0.15) is 0 Å². The molecule has 1 amide bonds. The Bertz CT molecular complexity index is 683. The Morgan fingerprint density at radius 1 is 1.27 bits per heavy atom. The summed E-state index contributed by atoms with van der Waals surface area (Å²) in [5.41, 5.74) is 2.23. The van der Waals surface area contributed by atoms with Crippen LogP contribution in [-0.2, 0) is 4.79 Å². The zero-order valence-electron chi connectivity index (χ0n) is 12.9. The third-order valence-electron chi connectivity index (χ3n) is 3.79. The van der Waals surface area contributed by atoms with Gasteiger partial charge in [0, 0.05) is 12.2 Å². The SMILES string of the molecule is Cc1cccc(-n2c(C)nnc2SC2CCCCNC2=O)c1. The first-order valence-corrected chi connectivity index (χ1v) is 8.46. The fraction of sp³-hybridized carbons (Fsp3) is 0.438. The monoisotopic (exact) mass is 316 g/mol. The van der Waals surface area contributed by atoms with E-state index in [0.717, 1.165) is 42.5 Å². The predicted molar refractivity (Wildman–Crippen MR) is 87.3 cm³/mol. The fourth-order valence-electron chi connectivity index (χ4n) is 2.63. The first-order valence-electron chi connectivity index (χ1n) is 7.58. The van der Waals surface area contributed by atoms with E-state index < -0.39 is 0 Å². The molecule has 1 saturated heterocycles. The standard InChI is InChI=1S/C16H20N4OS/c1-11-6-5-7-13(10-11)20-12(2)18-19-16(20)22-14-8-3-4-9-17-15(14)21/h5-7,10,14H,3-4,8-9H2,1-2H3,(H,17,21). The van der Waals surface area contributed by atoms with Crippen LogP contribution in [-0.4, -0.2) is 32.5 Å². The van der Waals surface area contributed by atoms with Gasteiger partial charge in [0.1, 0.15) is 5.82 Å². The fourth-order valence-corrected chi connectivity index (χ4v) is 3.79. The molecule has 22 heavy (non-hydrogen) atoms. The Morgan fingerprint density at radius 2 is 2.14 bits per heavy atom. The molecule has 1 unspecified atom stereocenters. The normalized spacial score (nSPS) is 18.8. The Balaban J connectivity index is 1.90. The van der Waals surface area contributed by atoms with Crippen molar-refractivity contribution in [3.63, 3.8) is 0 Å². The van der Waals surface area contributed by atoms with Crippen molar-refractivity contribution >= 4 is 17.7 Å². The average Bonchev–Trinajstić information content (AvgIpc) is 2.73. The number of aromatic nitrogens is 3. The second-order valence-corrected chi connectivity index (χ2v) is 6.77. The lowest BCUT2D eigenvalue weighted by Gasteiger charge is -2.14. The highest BCUT2D eigenvalue weighted by Crippen LogP contribution is 2.29. The lowest BCUT2D eigenvalue weighted by Crippen LogP contribution is -2.30. The third kappa shape index (κ3) is 3.16. The first-order chi connectivity index (χ1) is 10.6. The number of carbonyl (C=O) groups excluding carboxylic acids is 1. The average molecular weight is 316 g/mol. The molecule has 5 nitrogen and oxygen atoms in total. The molecule has 3 rings (SSSR count). The van der Waals surface area contributed by atoms with Crippen LogP contribution in [0.15, 0.2) is 29.4 Å². The number of hydrogen-bond acceptors (Lipinski definition) is 4. The van der Waals surface area contributed by atoms with Crippen molar-refractivity contribution in [1.29, 1.82) is 0 Å². The van der Waals surface area contributed by atoms with Crippen LogP contribution in [0.5, 0.6) is 0 Å². The second-order valence-electron chi connectivity index (χ2n) is 5.60. The van der Waals surface area contributed by atoms with Crippen LogP contribution in [0.2, 0.25) is 0 Å². The molecule has 2 aromatic rings. The van der Waals surface area contributed by atoms with E-state index >= 15 is 0 Å². The van der Waals surface area contributed by atoms with Crippen molar-refractivity contribution < 1.29 is 4.79 Å². The maximum Gasteiger partial charge on any atom is 0.233 e. The molecule has 1 aliphatic heterocycles. The molecular formula is C16H20N4OS. The van der Waals surface area contributed by atoms with Crippen LogP contribution in [0.1, 0.15) is 30.7 Å². The number of rotatable bonds is 3. The molecule has 1 aromatic carbocycles. The molecule has 0 bridgehead atoms. The molecule has 1 aliphatic rings. The van der Waals surface area contributed by atoms with Gasteiger partial charge in [-0.1, -0.05) is 30.3 Å². The maximum absolute atomic E-state index is 12.1. The summed E-state index contributed by atoms with van der Waals surface area (Å²) in [7, 11) is 0. The minimum atomic E-state index is -0.0883. The highest BCUT2D eigenvalue weighted by Gasteiger charge is 2.25. The second kappa shape index (κ2) is 6.52. The Morgan fingerprint density at radius 3 is 2.95 bits per heavy atom. The van der Waals surface area contributed by atoms with E-state index in [-0.39, 0.29) is 11.2 Å². The Kier molecular flexibility index (Phi) is 4.47. The lowest BCUT2D eigenvalue weighted by molar-refractivity contribution is -0.120. The van der Waals surface area contributed by atoms with Crippen LogP contribution < -0.4 is 5.32 Å². The lowest BCUT2D eigenvalue weighted by atomic mass is 10.2. The highest BCUT2D eigenvalue weighted by molar-refractivity contribution is 8.00. The van der Waals surface area contributed by atoms with Crippen molar-refractivity contribution in [2.24, 2.45) is 0 Å². The Labute approximate surface area is 134 Å². The quantitative estimate of drug-likeness (QED) is 0.946. The Hall–Kier alpha value is -1.82. The predicted octanol–water partition coefficient (Wildman–Crippen LogP) is 2.64. The zero-order chi connectivity index (χ0) is 15.5. The van der Waals surface area contributed by atoms with Crippen LogP contribution in [0.25, 0.3) is 5.69 Å². The number of amides is 1. The number of hydrogen-bond donors (Lipinski definition) is 1. The molecule has 0 saturated carbocycles. The van der Waals surface area contributed by atoms with Gasteiger partial charge >= 0.3 is 0 Å². The van der Waals surface area contributed by atoms with Gasteiger partial charge in [-0.25, -0.2) is 0 Å². The van der Waals surface area contributed by atoms with Crippen LogP contribution >= 0.6 is 11.8 Å². The summed E-state index contributed by atoms with van der Waals surface area (Å²) in [6.45, 7) is 4.78. The van der Waals surface area contributed by atoms with E-state index in [0.29, 0.717) is 0 Å². The number of nitrogens with one attached hydrogen (secondary N) is 1. The van der Waals surface area contributed by atoms with Gasteiger partial charge in [0.25, 0.3) is 0 Å². The van der Waals surface area contributed by atoms with Gasteiger partial charge < -0.3 is 5.32 Å². The van der Waals surface area contributed by atoms with Gasteiger partial charge in [-0.3, -0.25) is 9.36 Å². The van der Waals surface area contributed by atoms with Gasteiger partial charge in [-0.05, 0) is 44.4 Å². The van der Waals surface area contributed by atoms with Gasteiger partial charge in [0.05, 0.1) is 5.25 Å². The maximum atomic E-state index is 12.1. The molecule has 6 heteroatoms. The smallest absolute Gasteiger partial charge is 0.233 e. The number of nitrogens with zero attached hydrogens (tertiary/aromatic N) is 3. The number of aryl methyl sites for hydroxylation is 2. The molecule has 2 heterocycles. The van der Waals surface area contributed by atoms with E-state index in [1.165, 1.54) is 17.3 Å². The molecule has 0 aliphatic carbocycles.